The fraction of sp³-hybridized carbons (Fsp3) is 0.400. The first-order valence-electron chi connectivity index (χ1n) is 4.31. The molecule has 1 aliphatic heterocycles. The number of aliphatic hydroxyl groups is 2. The molecule has 1 fully saturated rings. The number of rotatable bonds is 3. The Labute approximate surface area is 76.6 Å². The summed E-state index contributed by atoms with van der Waals surface area (Å²) in [5.41, 5.74) is 1.82. The van der Waals surface area contributed by atoms with Gasteiger partial charge in [0.2, 0.25) is 0 Å². The SMILES string of the molecule is OCC(O)c1cccc(C2CO2)c1. The molecule has 0 bridgehead atoms. The van der Waals surface area contributed by atoms with Crippen LogP contribution in [0.4, 0.5) is 0 Å². The lowest BCUT2D eigenvalue weighted by molar-refractivity contribution is 0.0955. The monoisotopic (exact) mass is 180 g/mol. The summed E-state index contributed by atoms with van der Waals surface area (Å²) in [6.45, 7) is 0.521. The van der Waals surface area contributed by atoms with E-state index in [1.807, 2.05) is 18.2 Å². The molecule has 2 atom stereocenters. The van der Waals surface area contributed by atoms with Crippen LogP contribution in [0.3, 0.4) is 0 Å². The Morgan fingerprint density at radius 3 is 2.92 bits per heavy atom. The summed E-state index contributed by atoms with van der Waals surface area (Å²) < 4.78 is 5.12. The van der Waals surface area contributed by atoms with Gasteiger partial charge in [-0.05, 0) is 11.1 Å². The lowest BCUT2D eigenvalue weighted by Crippen LogP contribution is -2.02. The van der Waals surface area contributed by atoms with E-state index in [9.17, 15) is 5.11 Å². The molecule has 3 nitrogen and oxygen atoms in total. The number of aliphatic hydroxyl groups excluding tert-OH is 2. The average molecular weight is 180 g/mol. The van der Waals surface area contributed by atoms with Gasteiger partial charge in [0.25, 0.3) is 0 Å². The van der Waals surface area contributed by atoms with E-state index >= 15 is 0 Å². The zero-order chi connectivity index (χ0) is 9.26. The molecule has 1 heterocycles. The van der Waals surface area contributed by atoms with Crippen molar-refractivity contribution < 1.29 is 14.9 Å². The van der Waals surface area contributed by atoms with Crippen LogP contribution in [0.5, 0.6) is 0 Å². The smallest absolute Gasteiger partial charge is 0.106 e. The number of epoxide rings is 1. The summed E-state index contributed by atoms with van der Waals surface area (Å²) in [5, 5.41) is 18.1. The van der Waals surface area contributed by atoms with E-state index in [-0.39, 0.29) is 12.7 Å². The van der Waals surface area contributed by atoms with Gasteiger partial charge >= 0.3 is 0 Å². The maximum absolute atomic E-state index is 9.37. The minimum absolute atomic E-state index is 0.200. The van der Waals surface area contributed by atoms with Gasteiger partial charge in [0, 0.05) is 0 Å². The van der Waals surface area contributed by atoms with Crippen molar-refractivity contribution in [2.45, 2.75) is 12.2 Å². The van der Waals surface area contributed by atoms with Crippen LogP contribution in [0.15, 0.2) is 24.3 Å². The summed E-state index contributed by atoms with van der Waals surface area (Å²) in [6, 6.07) is 7.50. The number of hydrogen-bond donors (Lipinski definition) is 2. The van der Waals surface area contributed by atoms with Crippen molar-refractivity contribution in [3.05, 3.63) is 35.4 Å². The van der Waals surface area contributed by atoms with Crippen molar-refractivity contribution in [2.24, 2.45) is 0 Å². The Morgan fingerprint density at radius 2 is 2.31 bits per heavy atom. The molecular formula is C10H12O3. The minimum atomic E-state index is -0.779. The van der Waals surface area contributed by atoms with Crippen LogP contribution in [-0.2, 0) is 4.74 Å². The molecule has 3 heteroatoms. The molecule has 1 aliphatic rings. The second-order valence-electron chi connectivity index (χ2n) is 3.19. The van der Waals surface area contributed by atoms with Crippen molar-refractivity contribution in [1.29, 1.82) is 0 Å². The molecule has 0 amide bonds. The molecule has 1 aromatic carbocycles. The summed E-state index contributed by atoms with van der Waals surface area (Å²) in [4.78, 5) is 0. The standard InChI is InChI=1S/C10H12O3/c11-5-9(12)7-2-1-3-8(4-7)10-6-13-10/h1-4,9-12H,5-6H2. The number of benzene rings is 1. The number of hydrogen-bond acceptors (Lipinski definition) is 3. The van der Waals surface area contributed by atoms with Gasteiger partial charge in [0.05, 0.1) is 13.2 Å². The second kappa shape index (κ2) is 3.46. The fourth-order valence-electron chi connectivity index (χ4n) is 1.31. The molecule has 0 spiro atoms. The summed E-state index contributed by atoms with van der Waals surface area (Å²) in [5.74, 6) is 0. The van der Waals surface area contributed by atoms with Gasteiger partial charge in [-0.1, -0.05) is 24.3 Å². The van der Waals surface area contributed by atoms with E-state index < -0.39 is 6.10 Å². The van der Waals surface area contributed by atoms with Crippen LogP contribution in [0.2, 0.25) is 0 Å². The van der Waals surface area contributed by atoms with E-state index in [4.69, 9.17) is 9.84 Å². The zero-order valence-electron chi connectivity index (χ0n) is 7.18. The van der Waals surface area contributed by atoms with Gasteiger partial charge in [-0.3, -0.25) is 0 Å². The molecule has 2 unspecified atom stereocenters. The fourth-order valence-corrected chi connectivity index (χ4v) is 1.31. The molecular weight excluding hydrogens is 168 g/mol. The van der Waals surface area contributed by atoms with Gasteiger partial charge in [-0.2, -0.15) is 0 Å². The highest BCUT2D eigenvalue weighted by Crippen LogP contribution is 2.30. The van der Waals surface area contributed by atoms with Crippen molar-refractivity contribution in [3.63, 3.8) is 0 Å². The van der Waals surface area contributed by atoms with Crippen LogP contribution in [0, 0.1) is 0 Å². The van der Waals surface area contributed by atoms with Gasteiger partial charge in [0.1, 0.15) is 12.2 Å². The van der Waals surface area contributed by atoms with E-state index in [0.29, 0.717) is 0 Å². The van der Waals surface area contributed by atoms with Crippen molar-refractivity contribution in [2.75, 3.05) is 13.2 Å². The quantitative estimate of drug-likeness (QED) is 0.676. The van der Waals surface area contributed by atoms with Crippen LogP contribution < -0.4 is 0 Å². The summed E-state index contributed by atoms with van der Waals surface area (Å²) in [6.07, 6.45) is -0.579. The first kappa shape index (κ1) is 8.69. The Morgan fingerprint density at radius 1 is 1.54 bits per heavy atom. The van der Waals surface area contributed by atoms with Crippen molar-refractivity contribution >= 4 is 0 Å². The third-order valence-corrected chi connectivity index (χ3v) is 2.17. The third-order valence-electron chi connectivity index (χ3n) is 2.17. The Balaban J connectivity index is 2.21. The highest BCUT2D eigenvalue weighted by Gasteiger charge is 2.25. The highest BCUT2D eigenvalue weighted by atomic mass is 16.6. The topological polar surface area (TPSA) is 53.0 Å². The molecule has 0 radical (unpaired) electrons. The van der Waals surface area contributed by atoms with Gasteiger partial charge < -0.3 is 14.9 Å². The number of ether oxygens (including phenoxy) is 1. The molecule has 70 valence electrons. The third kappa shape index (κ3) is 1.88. The molecule has 2 rings (SSSR count). The van der Waals surface area contributed by atoms with E-state index in [1.54, 1.807) is 6.07 Å². The summed E-state index contributed by atoms with van der Waals surface area (Å²) >= 11 is 0. The predicted molar refractivity (Wildman–Crippen MR) is 47.2 cm³/mol. The first-order valence-corrected chi connectivity index (χ1v) is 4.31. The Bertz CT molecular complexity index is 294. The van der Waals surface area contributed by atoms with E-state index in [0.717, 1.165) is 17.7 Å². The van der Waals surface area contributed by atoms with Gasteiger partial charge in [-0.15, -0.1) is 0 Å². The Kier molecular flexibility index (Phi) is 2.31. The lowest BCUT2D eigenvalue weighted by atomic mass is 10.1. The second-order valence-corrected chi connectivity index (χ2v) is 3.19. The highest BCUT2D eigenvalue weighted by molar-refractivity contribution is 5.28. The van der Waals surface area contributed by atoms with Crippen LogP contribution >= 0.6 is 0 Å². The van der Waals surface area contributed by atoms with E-state index in [2.05, 4.69) is 0 Å². The average Bonchev–Trinajstić information content (AvgIpc) is 3.00. The molecule has 13 heavy (non-hydrogen) atoms. The maximum Gasteiger partial charge on any atom is 0.106 e. The maximum atomic E-state index is 9.37. The largest absolute Gasteiger partial charge is 0.393 e. The molecule has 0 aliphatic carbocycles. The molecule has 1 aromatic rings. The van der Waals surface area contributed by atoms with Crippen molar-refractivity contribution in [3.8, 4) is 0 Å². The predicted octanol–water partition coefficient (Wildman–Crippen LogP) is 0.784. The molecule has 0 aromatic heterocycles. The van der Waals surface area contributed by atoms with Crippen molar-refractivity contribution in [1.82, 2.24) is 0 Å². The lowest BCUT2D eigenvalue weighted by Gasteiger charge is -2.07. The normalized spacial score (nSPS) is 22.8. The first-order chi connectivity index (χ1) is 6.31. The molecule has 1 saturated heterocycles. The Hall–Kier alpha value is -0.900. The zero-order valence-corrected chi connectivity index (χ0v) is 7.18. The molecule has 0 saturated carbocycles. The van der Waals surface area contributed by atoms with Crippen LogP contribution in [-0.4, -0.2) is 23.4 Å². The van der Waals surface area contributed by atoms with Crippen LogP contribution in [0.25, 0.3) is 0 Å². The minimum Gasteiger partial charge on any atom is -0.393 e. The van der Waals surface area contributed by atoms with Crippen LogP contribution in [0.1, 0.15) is 23.3 Å². The molecule has 2 N–H and O–H groups in total. The van der Waals surface area contributed by atoms with E-state index in [1.165, 1.54) is 0 Å². The van der Waals surface area contributed by atoms with Gasteiger partial charge in [0.15, 0.2) is 0 Å². The van der Waals surface area contributed by atoms with Gasteiger partial charge in [-0.25, -0.2) is 0 Å². The summed E-state index contributed by atoms with van der Waals surface area (Å²) in [7, 11) is 0.